The van der Waals surface area contributed by atoms with Crippen molar-refractivity contribution in [2.45, 2.75) is 19.3 Å². The number of benzene rings is 1. The van der Waals surface area contributed by atoms with Gasteiger partial charge in [-0.3, -0.25) is 9.78 Å². The van der Waals surface area contributed by atoms with E-state index in [4.69, 9.17) is 0 Å². The third kappa shape index (κ3) is 2.43. The number of aromatic amines is 1. The van der Waals surface area contributed by atoms with E-state index in [1.807, 2.05) is 17.0 Å². The molecular formula is C15H16FN3O. The fourth-order valence-corrected chi connectivity index (χ4v) is 2.73. The molecule has 0 bridgehead atoms. The Morgan fingerprint density at radius 3 is 2.95 bits per heavy atom. The normalized spacial score (nSPS) is 18.5. The maximum Gasteiger partial charge on any atom is 0.252 e. The lowest BCUT2D eigenvalue weighted by Crippen LogP contribution is -2.25. The van der Waals surface area contributed by atoms with Crippen LogP contribution in [0.1, 0.15) is 23.6 Å². The van der Waals surface area contributed by atoms with Crippen molar-refractivity contribution < 1.29 is 4.39 Å². The molecule has 1 fully saturated rings. The number of halogens is 1. The third-order valence-corrected chi connectivity index (χ3v) is 3.69. The van der Waals surface area contributed by atoms with Crippen molar-refractivity contribution in [1.82, 2.24) is 9.97 Å². The number of hydrogen-bond acceptors (Lipinski definition) is 3. The van der Waals surface area contributed by atoms with Crippen molar-refractivity contribution in [2.75, 3.05) is 18.0 Å². The maximum absolute atomic E-state index is 13.8. The van der Waals surface area contributed by atoms with Crippen LogP contribution in [-0.4, -0.2) is 23.1 Å². The summed E-state index contributed by atoms with van der Waals surface area (Å²) in [6, 6.07) is 8.34. The molecule has 5 heteroatoms. The van der Waals surface area contributed by atoms with Crippen molar-refractivity contribution in [3.63, 3.8) is 0 Å². The lowest BCUT2D eigenvalue weighted by atomic mass is 9.98. The van der Waals surface area contributed by atoms with Crippen LogP contribution in [0.2, 0.25) is 0 Å². The van der Waals surface area contributed by atoms with Gasteiger partial charge in [-0.15, -0.1) is 0 Å². The van der Waals surface area contributed by atoms with Crippen molar-refractivity contribution in [2.24, 2.45) is 0 Å². The predicted octanol–water partition coefficient (Wildman–Crippen LogP) is 2.21. The smallest absolute Gasteiger partial charge is 0.252 e. The molecule has 2 aromatic rings. The number of anilines is 1. The SMILES string of the molecule is Cc1cc(=O)[nH]c(N2CCC(c3ccccc3F)C2)n1. The molecule has 1 aliphatic rings. The number of H-pyrrole nitrogens is 1. The van der Waals surface area contributed by atoms with Gasteiger partial charge < -0.3 is 4.90 Å². The number of nitrogens with zero attached hydrogens (tertiary/aromatic N) is 2. The molecule has 20 heavy (non-hydrogen) atoms. The van der Waals surface area contributed by atoms with E-state index in [1.165, 1.54) is 12.1 Å². The first-order valence-electron chi connectivity index (χ1n) is 6.71. The first kappa shape index (κ1) is 12.8. The zero-order valence-electron chi connectivity index (χ0n) is 11.3. The molecule has 0 aliphatic carbocycles. The molecule has 0 radical (unpaired) electrons. The van der Waals surface area contributed by atoms with Crippen molar-refractivity contribution in [3.05, 3.63) is 57.8 Å². The van der Waals surface area contributed by atoms with E-state index in [-0.39, 0.29) is 17.3 Å². The fourth-order valence-electron chi connectivity index (χ4n) is 2.73. The number of aryl methyl sites for hydroxylation is 1. The summed E-state index contributed by atoms with van der Waals surface area (Å²) in [6.07, 6.45) is 0.860. The van der Waals surface area contributed by atoms with Gasteiger partial charge in [0.05, 0.1) is 0 Å². The van der Waals surface area contributed by atoms with E-state index in [2.05, 4.69) is 9.97 Å². The minimum Gasteiger partial charge on any atom is -0.342 e. The summed E-state index contributed by atoms with van der Waals surface area (Å²) in [6.45, 7) is 3.24. The second-order valence-electron chi connectivity index (χ2n) is 5.16. The third-order valence-electron chi connectivity index (χ3n) is 3.69. The Bertz CT molecular complexity index is 683. The van der Waals surface area contributed by atoms with Crippen LogP contribution >= 0.6 is 0 Å². The number of hydrogen-bond donors (Lipinski definition) is 1. The standard InChI is InChI=1S/C15H16FN3O/c1-10-8-14(20)18-15(17-10)19-7-6-11(9-19)12-4-2-3-5-13(12)16/h2-5,8,11H,6-7,9H2,1H3,(H,17,18,20). The molecule has 3 rings (SSSR count). The molecule has 1 unspecified atom stereocenters. The molecule has 1 aliphatic heterocycles. The monoisotopic (exact) mass is 273 g/mol. The molecule has 1 aromatic carbocycles. The first-order chi connectivity index (χ1) is 9.63. The van der Waals surface area contributed by atoms with Gasteiger partial charge >= 0.3 is 0 Å². The Morgan fingerprint density at radius 2 is 2.20 bits per heavy atom. The summed E-state index contributed by atoms with van der Waals surface area (Å²) >= 11 is 0. The summed E-state index contributed by atoms with van der Waals surface area (Å²) < 4.78 is 13.8. The molecular weight excluding hydrogens is 257 g/mol. The van der Waals surface area contributed by atoms with Gasteiger partial charge in [-0.25, -0.2) is 9.37 Å². The van der Waals surface area contributed by atoms with E-state index in [0.29, 0.717) is 18.2 Å². The van der Waals surface area contributed by atoms with Gasteiger partial charge in [0.1, 0.15) is 5.82 Å². The van der Waals surface area contributed by atoms with E-state index in [0.717, 1.165) is 18.5 Å². The molecule has 1 atom stereocenters. The van der Waals surface area contributed by atoms with Crippen molar-refractivity contribution >= 4 is 5.95 Å². The van der Waals surface area contributed by atoms with Crippen LogP contribution in [0.25, 0.3) is 0 Å². The quantitative estimate of drug-likeness (QED) is 0.912. The lowest BCUT2D eigenvalue weighted by Gasteiger charge is -2.17. The summed E-state index contributed by atoms with van der Waals surface area (Å²) in [5.41, 5.74) is 1.28. The Kier molecular flexibility index (Phi) is 3.26. The van der Waals surface area contributed by atoms with Crippen LogP contribution in [0.3, 0.4) is 0 Å². The van der Waals surface area contributed by atoms with Gasteiger partial charge in [0.25, 0.3) is 5.56 Å². The zero-order chi connectivity index (χ0) is 14.1. The van der Waals surface area contributed by atoms with Crippen LogP contribution in [-0.2, 0) is 0 Å². The summed E-state index contributed by atoms with van der Waals surface area (Å²) in [4.78, 5) is 20.6. The topological polar surface area (TPSA) is 49.0 Å². The minimum absolute atomic E-state index is 0.141. The molecule has 2 heterocycles. The van der Waals surface area contributed by atoms with Gasteiger partial charge in [0.15, 0.2) is 0 Å². The van der Waals surface area contributed by atoms with E-state index < -0.39 is 0 Å². The highest BCUT2D eigenvalue weighted by atomic mass is 19.1. The van der Waals surface area contributed by atoms with Crippen LogP contribution in [0.5, 0.6) is 0 Å². The zero-order valence-corrected chi connectivity index (χ0v) is 11.3. The summed E-state index contributed by atoms with van der Waals surface area (Å²) in [7, 11) is 0. The van der Waals surface area contributed by atoms with Gasteiger partial charge in [-0.05, 0) is 25.0 Å². The Morgan fingerprint density at radius 1 is 1.40 bits per heavy atom. The van der Waals surface area contributed by atoms with Gasteiger partial charge in [0.2, 0.25) is 5.95 Å². The van der Waals surface area contributed by atoms with Gasteiger partial charge in [-0.2, -0.15) is 0 Å². The van der Waals surface area contributed by atoms with Crippen molar-refractivity contribution in [3.8, 4) is 0 Å². The number of rotatable bonds is 2. The second kappa shape index (κ2) is 5.07. The van der Waals surface area contributed by atoms with Gasteiger partial charge in [-0.1, -0.05) is 18.2 Å². The van der Waals surface area contributed by atoms with Crippen LogP contribution in [0.15, 0.2) is 35.1 Å². The highest BCUT2D eigenvalue weighted by Gasteiger charge is 2.27. The van der Waals surface area contributed by atoms with E-state index in [1.54, 1.807) is 13.0 Å². The van der Waals surface area contributed by atoms with Crippen LogP contribution in [0.4, 0.5) is 10.3 Å². The average Bonchev–Trinajstić information content (AvgIpc) is 2.87. The summed E-state index contributed by atoms with van der Waals surface area (Å²) in [5, 5.41) is 0. The molecule has 1 saturated heterocycles. The first-order valence-corrected chi connectivity index (χ1v) is 6.71. The summed E-state index contributed by atoms with van der Waals surface area (Å²) in [5.74, 6) is 0.556. The largest absolute Gasteiger partial charge is 0.342 e. The highest BCUT2D eigenvalue weighted by Crippen LogP contribution is 2.30. The Labute approximate surface area is 116 Å². The van der Waals surface area contributed by atoms with E-state index in [9.17, 15) is 9.18 Å². The highest BCUT2D eigenvalue weighted by molar-refractivity contribution is 5.36. The number of aromatic nitrogens is 2. The molecule has 4 nitrogen and oxygen atoms in total. The number of nitrogens with one attached hydrogen (secondary N) is 1. The van der Waals surface area contributed by atoms with Crippen LogP contribution < -0.4 is 10.5 Å². The minimum atomic E-state index is -0.162. The Hall–Kier alpha value is -2.17. The predicted molar refractivity (Wildman–Crippen MR) is 75.6 cm³/mol. The lowest BCUT2D eigenvalue weighted by molar-refractivity contribution is 0.589. The fraction of sp³-hybridized carbons (Fsp3) is 0.333. The molecule has 0 amide bonds. The molecule has 1 N–H and O–H groups in total. The van der Waals surface area contributed by atoms with Crippen LogP contribution in [0, 0.1) is 12.7 Å². The maximum atomic E-state index is 13.8. The second-order valence-corrected chi connectivity index (χ2v) is 5.16. The molecule has 0 spiro atoms. The van der Waals surface area contributed by atoms with E-state index >= 15 is 0 Å². The molecule has 1 aromatic heterocycles. The molecule has 0 saturated carbocycles. The van der Waals surface area contributed by atoms with Crippen molar-refractivity contribution in [1.29, 1.82) is 0 Å². The Balaban J connectivity index is 1.83. The average molecular weight is 273 g/mol. The van der Waals surface area contributed by atoms with Gasteiger partial charge in [0, 0.05) is 30.8 Å². The molecule has 104 valence electrons.